The van der Waals surface area contributed by atoms with Crippen molar-refractivity contribution in [3.63, 3.8) is 0 Å². The van der Waals surface area contributed by atoms with Crippen molar-refractivity contribution in [1.29, 1.82) is 0 Å². The van der Waals surface area contributed by atoms with Gasteiger partial charge in [-0.3, -0.25) is 4.79 Å². The molecule has 1 heterocycles. The van der Waals surface area contributed by atoms with Crippen LogP contribution in [-0.4, -0.2) is 62.4 Å². The molecule has 1 amide bonds. The van der Waals surface area contributed by atoms with E-state index in [2.05, 4.69) is 0 Å². The Bertz CT molecular complexity index is 719. The summed E-state index contributed by atoms with van der Waals surface area (Å²) in [6.07, 6.45) is 0.110. The Kier molecular flexibility index (Phi) is 7.10. The third kappa shape index (κ3) is 4.65. The highest BCUT2D eigenvalue weighted by atomic mass is 35.5. The highest BCUT2D eigenvalue weighted by molar-refractivity contribution is 7.89. The first-order valence-corrected chi connectivity index (χ1v) is 10.4. The van der Waals surface area contributed by atoms with E-state index in [0.29, 0.717) is 31.1 Å². The Morgan fingerprint density at radius 1 is 1.20 bits per heavy atom. The van der Waals surface area contributed by atoms with E-state index in [1.807, 2.05) is 13.8 Å². The van der Waals surface area contributed by atoms with Gasteiger partial charge in [-0.25, -0.2) is 8.42 Å². The zero-order chi connectivity index (χ0) is 18.6. The minimum absolute atomic E-state index is 0.0119. The number of hydrogen-bond donors (Lipinski definition) is 0. The molecular formula is C16H22Cl2N2O4S. The van der Waals surface area contributed by atoms with Crippen molar-refractivity contribution >= 4 is 39.1 Å². The number of amides is 1. The molecule has 140 valence electrons. The molecule has 1 saturated heterocycles. The third-order valence-electron chi connectivity index (χ3n) is 4.08. The zero-order valence-electron chi connectivity index (χ0n) is 14.2. The largest absolute Gasteiger partial charge is 0.369 e. The molecule has 25 heavy (non-hydrogen) atoms. The molecular weight excluding hydrogens is 387 g/mol. The molecule has 1 fully saturated rings. The average molecular weight is 409 g/mol. The molecule has 0 saturated carbocycles. The van der Waals surface area contributed by atoms with Crippen LogP contribution in [-0.2, 0) is 19.6 Å². The molecule has 1 aliphatic rings. The lowest BCUT2D eigenvalue weighted by Gasteiger charge is -2.35. The summed E-state index contributed by atoms with van der Waals surface area (Å²) in [5.41, 5.74) is 0. The van der Waals surface area contributed by atoms with Gasteiger partial charge in [0.1, 0.15) is 11.0 Å². The van der Waals surface area contributed by atoms with E-state index in [4.69, 9.17) is 27.9 Å². The molecule has 0 spiro atoms. The van der Waals surface area contributed by atoms with Crippen LogP contribution in [0.5, 0.6) is 0 Å². The molecule has 1 unspecified atom stereocenters. The number of sulfonamides is 1. The molecule has 0 radical (unpaired) electrons. The summed E-state index contributed by atoms with van der Waals surface area (Å²) in [7, 11) is -3.75. The summed E-state index contributed by atoms with van der Waals surface area (Å²) in [6, 6.07) is 4.35. The molecule has 0 N–H and O–H groups in total. The quantitative estimate of drug-likeness (QED) is 0.725. The summed E-state index contributed by atoms with van der Waals surface area (Å²) >= 11 is 11.9. The van der Waals surface area contributed by atoms with Crippen molar-refractivity contribution < 1.29 is 17.9 Å². The van der Waals surface area contributed by atoms with Crippen LogP contribution in [0.3, 0.4) is 0 Å². The standard InChI is InChI=1S/C16H22Cl2N2O4S/c1-3-14(24-4-2)16(21)19-7-9-20(10-8-19)25(22,23)15-11-12(17)5-6-13(15)18/h5-6,11,14H,3-4,7-10H2,1-2H3. The van der Waals surface area contributed by atoms with Gasteiger partial charge in [-0.2, -0.15) is 4.31 Å². The van der Waals surface area contributed by atoms with Crippen molar-refractivity contribution in [1.82, 2.24) is 9.21 Å². The molecule has 0 aliphatic carbocycles. The Balaban J connectivity index is 2.08. The molecule has 9 heteroatoms. The fraction of sp³-hybridized carbons (Fsp3) is 0.562. The summed E-state index contributed by atoms with van der Waals surface area (Å²) < 4.78 is 32.3. The van der Waals surface area contributed by atoms with Crippen LogP contribution >= 0.6 is 23.2 Å². The van der Waals surface area contributed by atoms with Gasteiger partial charge in [-0.1, -0.05) is 30.1 Å². The van der Waals surface area contributed by atoms with Crippen LogP contribution in [0.2, 0.25) is 10.0 Å². The zero-order valence-corrected chi connectivity index (χ0v) is 16.6. The lowest BCUT2D eigenvalue weighted by atomic mass is 10.2. The predicted molar refractivity (Wildman–Crippen MR) is 97.5 cm³/mol. The van der Waals surface area contributed by atoms with E-state index in [-0.39, 0.29) is 28.9 Å². The van der Waals surface area contributed by atoms with Gasteiger partial charge in [0.25, 0.3) is 5.91 Å². The number of hydrogen-bond acceptors (Lipinski definition) is 4. The van der Waals surface area contributed by atoms with Gasteiger partial charge >= 0.3 is 0 Å². The highest BCUT2D eigenvalue weighted by Gasteiger charge is 2.33. The van der Waals surface area contributed by atoms with Crippen molar-refractivity contribution in [2.24, 2.45) is 0 Å². The lowest BCUT2D eigenvalue weighted by Crippen LogP contribution is -2.53. The second-order valence-corrected chi connectivity index (χ2v) is 8.41. The van der Waals surface area contributed by atoms with E-state index < -0.39 is 16.1 Å². The first-order valence-electron chi connectivity index (χ1n) is 8.16. The molecule has 1 aliphatic heterocycles. The second-order valence-electron chi connectivity index (χ2n) is 5.66. The number of halogens is 2. The first kappa shape index (κ1) is 20.5. The number of piperazine rings is 1. The molecule has 6 nitrogen and oxygen atoms in total. The summed E-state index contributed by atoms with van der Waals surface area (Å²) in [6.45, 7) is 5.25. The van der Waals surface area contributed by atoms with Crippen LogP contribution in [0.15, 0.2) is 23.1 Å². The number of nitrogens with zero attached hydrogens (tertiary/aromatic N) is 2. The maximum absolute atomic E-state index is 12.8. The fourth-order valence-electron chi connectivity index (χ4n) is 2.73. The maximum atomic E-state index is 12.8. The Hall–Kier alpha value is -0.860. The smallest absolute Gasteiger partial charge is 0.251 e. The number of rotatable bonds is 6. The van der Waals surface area contributed by atoms with E-state index in [1.165, 1.54) is 22.5 Å². The minimum Gasteiger partial charge on any atom is -0.369 e. The molecule has 0 bridgehead atoms. The van der Waals surface area contributed by atoms with Crippen molar-refractivity contribution in [2.45, 2.75) is 31.3 Å². The number of carbonyl (C=O) groups is 1. The predicted octanol–water partition coefficient (Wildman–Crippen LogP) is 2.64. The minimum atomic E-state index is -3.75. The van der Waals surface area contributed by atoms with Crippen molar-refractivity contribution in [3.05, 3.63) is 28.2 Å². The van der Waals surface area contributed by atoms with Crippen LogP contribution in [0, 0.1) is 0 Å². The van der Waals surface area contributed by atoms with Gasteiger partial charge in [-0.15, -0.1) is 0 Å². The van der Waals surface area contributed by atoms with E-state index >= 15 is 0 Å². The maximum Gasteiger partial charge on any atom is 0.251 e. The second kappa shape index (κ2) is 8.68. The van der Waals surface area contributed by atoms with Gasteiger partial charge in [0, 0.05) is 37.8 Å². The third-order valence-corrected chi connectivity index (χ3v) is 6.69. The number of ether oxygens (including phenoxy) is 1. The topological polar surface area (TPSA) is 66.9 Å². The summed E-state index contributed by atoms with van der Waals surface area (Å²) in [5, 5.41) is 0.435. The Morgan fingerprint density at radius 2 is 1.84 bits per heavy atom. The number of carbonyl (C=O) groups excluding carboxylic acids is 1. The van der Waals surface area contributed by atoms with Gasteiger partial charge in [-0.05, 0) is 31.5 Å². The van der Waals surface area contributed by atoms with Crippen LogP contribution in [0.25, 0.3) is 0 Å². The normalized spacial score (nSPS) is 17.5. The summed E-state index contributed by atoms with van der Waals surface area (Å²) in [4.78, 5) is 14.1. The summed E-state index contributed by atoms with van der Waals surface area (Å²) in [5.74, 6) is -0.0952. The van der Waals surface area contributed by atoms with Crippen molar-refractivity contribution in [3.8, 4) is 0 Å². The van der Waals surface area contributed by atoms with E-state index in [9.17, 15) is 13.2 Å². The molecule has 1 atom stereocenters. The average Bonchev–Trinajstić information content (AvgIpc) is 2.61. The molecule has 1 aromatic carbocycles. The first-order chi connectivity index (χ1) is 11.8. The van der Waals surface area contributed by atoms with Gasteiger partial charge in [0.05, 0.1) is 5.02 Å². The fourth-order valence-corrected chi connectivity index (χ4v) is 4.89. The lowest BCUT2D eigenvalue weighted by molar-refractivity contribution is -0.144. The molecule has 0 aromatic heterocycles. The highest BCUT2D eigenvalue weighted by Crippen LogP contribution is 2.28. The SMILES string of the molecule is CCOC(CC)C(=O)N1CCN(S(=O)(=O)c2cc(Cl)ccc2Cl)CC1. The molecule has 2 rings (SSSR count). The monoisotopic (exact) mass is 408 g/mol. The van der Waals surface area contributed by atoms with Crippen molar-refractivity contribution in [2.75, 3.05) is 32.8 Å². The van der Waals surface area contributed by atoms with Crippen LogP contribution < -0.4 is 0 Å². The molecule has 1 aromatic rings. The van der Waals surface area contributed by atoms with Crippen LogP contribution in [0.1, 0.15) is 20.3 Å². The van der Waals surface area contributed by atoms with E-state index in [1.54, 1.807) is 4.90 Å². The van der Waals surface area contributed by atoms with Gasteiger partial charge < -0.3 is 9.64 Å². The van der Waals surface area contributed by atoms with Crippen LogP contribution in [0.4, 0.5) is 0 Å². The van der Waals surface area contributed by atoms with E-state index in [0.717, 1.165) is 0 Å². The number of benzene rings is 1. The Morgan fingerprint density at radius 3 is 2.40 bits per heavy atom. The van der Waals surface area contributed by atoms with Gasteiger partial charge in [0.15, 0.2) is 0 Å². The van der Waals surface area contributed by atoms with Gasteiger partial charge in [0.2, 0.25) is 10.0 Å². The Labute approximate surface area is 158 Å².